The Hall–Kier alpha value is -3.15. The summed E-state index contributed by atoms with van der Waals surface area (Å²) in [4.78, 5) is 30.9. The van der Waals surface area contributed by atoms with Crippen molar-refractivity contribution in [1.29, 1.82) is 0 Å². The van der Waals surface area contributed by atoms with E-state index in [1.54, 1.807) is 0 Å². The van der Waals surface area contributed by atoms with Gasteiger partial charge in [-0.05, 0) is 37.1 Å². The van der Waals surface area contributed by atoms with Gasteiger partial charge in [0.15, 0.2) is 0 Å². The van der Waals surface area contributed by atoms with Crippen LogP contribution < -0.4 is 5.32 Å². The number of carbonyl (C=O) groups excluding carboxylic acids is 2. The predicted molar refractivity (Wildman–Crippen MR) is 108 cm³/mol. The largest absolute Gasteiger partial charge is 0.347 e. The van der Waals surface area contributed by atoms with Crippen molar-refractivity contribution >= 4 is 22.8 Å². The number of para-hydroxylation sites is 3. The first-order chi connectivity index (χ1) is 13.7. The van der Waals surface area contributed by atoms with Gasteiger partial charge in [-0.1, -0.05) is 30.3 Å². The third-order valence-electron chi connectivity index (χ3n) is 5.12. The summed E-state index contributed by atoms with van der Waals surface area (Å²) in [5.74, 6) is 0.718. The average Bonchev–Trinajstić information content (AvgIpc) is 3.39. The highest BCUT2D eigenvalue weighted by Crippen LogP contribution is 2.22. The van der Waals surface area contributed by atoms with Crippen molar-refractivity contribution in [3.8, 4) is 5.69 Å². The molecule has 0 aliphatic carbocycles. The van der Waals surface area contributed by atoms with Gasteiger partial charge in [0.05, 0.1) is 17.6 Å². The highest BCUT2D eigenvalue weighted by atomic mass is 16.2. The van der Waals surface area contributed by atoms with Crippen LogP contribution in [0.25, 0.3) is 16.7 Å². The molecule has 2 aromatic carbocycles. The molecule has 2 heterocycles. The summed E-state index contributed by atoms with van der Waals surface area (Å²) in [5, 5.41) is 2.76. The molecule has 0 atom stereocenters. The van der Waals surface area contributed by atoms with Crippen LogP contribution in [0.2, 0.25) is 0 Å². The van der Waals surface area contributed by atoms with Gasteiger partial charge in [0, 0.05) is 31.6 Å². The third kappa shape index (κ3) is 3.91. The number of hydrogen-bond acceptors (Lipinski definition) is 3. The Labute approximate surface area is 164 Å². The van der Waals surface area contributed by atoms with Gasteiger partial charge in [-0.3, -0.25) is 14.2 Å². The number of benzene rings is 2. The molecular weight excluding hydrogens is 352 g/mol. The second-order valence-corrected chi connectivity index (χ2v) is 7.05. The van der Waals surface area contributed by atoms with Crippen LogP contribution in [0.5, 0.6) is 0 Å². The second-order valence-electron chi connectivity index (χ2n) is 7.05. The Morgan fingerprint density at radius 2 is 1.68 bits per heavy atom. The molecule has 3 aromatic rings. The fraction of sp³-hybridized carbons (Fsp3) is 0.318. The van der Waals surface area contributed by atoms with Crippen LogP contribution in [-0.2, 0) is 16.0 Å². The molecular formula is C22H24N4O2. The van der Waals surface area contributed by atoms with Gasteiger partial charge in [-0.15, -0.1) is 0 Å². The predicted octanol–water partition coefficient (Wildman–Crippen LogP) is 2.70. The number of aryl methyl sites for hydroxylation is 1. The summed E-state index contributed by atoms with van der Waals surface area (Å²) in [6.45, 7) is 1.68. The molecule has 0 spiro atoms. The quantitative estimate of drug-likeness (QED) is 0.719. The number of fused-ring (bicyclic) bond motifs is 1. The summed E-state index contributed by atoms with van der Waals surface area (Å²) in [6, 6.07) is 18.0. The van der Waals surface area contributed by atoms with E-state index in [4.69, 9.17) is 4.98 Å². The molecule has 0 bridgehead atoms. The van der Waals surface area contributed by atoms with Crippen LogP contribution in [0.4, 0.5) is 0 Å². The molecule has 6 nitrogen and oxygen atoms in total. The van der Waals surface area contributed by atoms with Crippen LogP contribution >= 0.6 is 0 Å². The first-order valence-electron chi connectivity index (χ1n) is 9.78. The molecule has 1 N–H and O–H groups in total. The van der Waals surface area contributed by atoms with Crippen molar-refractivity contribution in [3.63, 3.8) is 0 Å². The van der Waals surface area contributed by atoms with Gasteiger partial charge in [-0.2, -0.15) is 0 Å². The minimum Gasteiger partial charge on any atom is -0.347 e. The number of likely N-dealkylation sites (tertiary alicyclic amines) is 1. The molecule has 0 radical (unpaired) electrons. The minimum atomic E-state index is -0.126. The Bertz CT molecular complexity index is 975. The van der Waals surface area contributed by atoms with E-state index < -0.39 is 0 Å². The Morgan fingerprint density at radius 1 is 0.964 bits per heavy atom. The van der Waals surface area contributed by atoms with E-state index in [0.717, 1.165) is 48.5 Å². The highest BCUT2D eigenvalue weighted by Gasteiger charge is 2.18. The van der Waals surface area contributed by atoms with E-state index >= 15 is 0 Å². The number of amides is 2. The number of carbonyl (C=O) groups is 2. The zero-order chi connectivity index (χ0) is 19.3. The molecule has 1 aromatic heterocycles. The lowest BCUT2D eigenvalue weighted by molar-refractivity contribution is -0.132. The maximum atomic E-state index is 12.3. The molecule has 0 saturated carbocycles. The normalized spacial score (nSPS) is 13.8. The summed E-state index contributed by atoms with van der Waals surface area (Å²) in [7, 11) is 0. The van der Waals surface area contributed by atoms with Crippen LogP contribution in [-0.4, -0.2) is 45.9 Å². The number of rotatable bonds is 6. The summed E-state index contributed by atoms with van der Waals surface area (Å²) in [5.41, 5.74) is 2.95. The molecule has 4 rings (SSSR count). The van der Waals surface area contributed by atoms with Crippen molar-refractivity contribution in [1.82, 2.24) is 19.8 Å². The lowest BCUT2D eigenvalue weighted by atomic mass is 10.2. The van der Waals surface area contributed by atoms with Crippen LogP contribution in [0.15, 0.2) is 54.6 Å². The highest BCUT2D eigenvalue weighted by molar-refractivity contribution is 5.85. The van der Waals surface area contributed by atoms with Crippen molar-refractivity contribution in [2.45, 2.75) is 25.7 Å². The zero-order valence-corrected chi connectivity index (χ0v) is 15.8. The number of nitrogens with zero attached hydrogens (tertiary/aromatic N) is 3. The third-order valence-corrected chi connectivity index (χ3v) is 5.12. The Balaban J connectivity index is 1.44. The summed E-state index contributed by atoms with van der Waals surface area (Å²) >= 11 is 0. The first-order valence-corrected chi connectivity index (χ1v) is 9.78. The van der Waals surface area contributed by atoms with E-state index in [1.165, 1.54) is 0 Å². The lowest BCUT2D eigenvalue weighted by Gasteiger charge is -2.15. The topological polar surface area (TPSA) is 67.2 Å². The standard InChI is InChI=1S/C22H24N4O2/c27-21(23-16-22(28)25-14-6-7-15-25)13-12-20-24-18-10-4-5-11-19(18)26(20)17-8-2-1-3-9-17/h1-5,8-11H,6-7,12-16H2,(H,23,27). The molecule has 144 valence electrons. The summed E-state index contributed by atoms with van der Waals surface area (Å²) in [6.07, 6.45) is 2.90. The van der Waals surface area contributed by atoms with Gasteiger partial charge >= 0.3 is 0 Å². The van der Waals surface area contributed by atoms with E-state index in [9.17, 15) is 9.59 Å². The number of hydrogen-bond donors (Lipinski definition) is 1. The minimum absolute atomic E-state index is 0.00220. The molecule has 1 aliphatic rings. The lowest BCUT2D eigenvalue weighted by Crippen LogP contribution is -2.38. The molecule has 1 saturated heterocycles. The van der Waals surface area contributed by atoms with E-state index in [2.05, 4.69) is 9.88 Å². The number of aromatic nitrogens is 2. The molecule has 0 unspecified atom stereocenters. The maximum Gasteiger partial charge on any atom is 0.241 e. The average molecular weight is 376 g/mol. The summed E-state index contributed by atoms with van der Waals surface area (Å²) < 4.78 is 2.10. The molecule has 28 heavy (non-hydrogen) atoms. The second kappa shape index (κ2) is 8.25. The fourth-order valence-corrected chi connectivity index (χ4v) is 3.68. The Kier molecular flexibility index (Phi) is 5.37. The first kappa shape index (κ1) is 18.2. The van der Waals surface area contributed by atoms with Gasteiger partial charge in [0.1, 0.15) is 5.82 Å². The fourth-order valence-electron chi connectivity index (χ4n) is 3.68. The van der Waals surface area contributed by atoms with Crippen LogP contribution in [0.3, 0.4) is 0 Å². The van der Waals surface area contributed by atoms with Gasteiger partial charge in [0.25, 0.3) is 0 Å². The molecule has 1 aliphatic heterocycles. The van der Waals surface area contributed by atoms with Crippen molar-refractivity contribution < 1.29 is 9.59 Å². The van der Waals surface area contributed by atoms with Crippen LogP contribution in [0.1, 0.15) is 25.1 Å². The zero-order valence-electron chi connectivity index (χ0n) is 15.8. The van der Waals surface area contributed by atoms with Gasteiger partial charge in [-0.25, -0.2) is 4.98 Å². The van der Waals surface area contributed by atoms with E-state index in [-0.39, 0.29) is 18.4 Å². The number of nitrogens with one attached hydrogen (secondary N) is 1. The van der Waals surface area contributed by atoms with E-state index in [0.29, 0.717) is 12.8 Å². The van der Waals surface area contributed by atoms with E-state index in [1.807, 2.05) is 59.5 Å². The monoisotopic (exact) mass is 376 g/mol. The number of imidazole rings is 1. The Morgan fingerprint density at radius 3 is 2.46 bits per heavy atom. The maximum absolute atomic E-state index is 12.3. The SMILES string of the molecule is O=C(CCc1nc2ccccc2n1-c1ccccc1)NCC(=O)N1CCCC1. The van der Waals surface area contributed by atoms with Crippen molar-refractivity contribution in [3.05, 3.63) is 60.4 Å². The molecule has 6 heteroatoms. The van der Waals surface area contributed by atoms with Gasteiger partial charge < -0.3 is 10.2 Å². The van der Waals surface area contributed by atoms with Crippen molar-refractivity contribution in [2.24, 2.45) is 0 Å². The van der Waals surface area contributed by atoms with Crippen molar-refractivity contribution in [2.75, 3.05) is 19.6 Å². The van der Waals surface area contributed by atoms with Gasteiger partial charge in [0.2, 0.25) is 11.8 Å². The molecule has 2 amide bonds. The smallest absolute Gasteiger partial charge is 0.241 e. The molecule has 1 fully saturated rings. The van der Waals surface area contributed by atoms with Crippen LogP contribution in [0, 0.1) is 0 Å².